The van der Waals surface area contributed by atoms with Gasteiger partial charge in [0.05, 0.1) is 4.83 Å². The van der Waals surface area contributed by atoms with Crippen molar-refractivity contribution in [2.45, 2.75) is 24.6 Å². The van der Waals surface area contributed by atoms with Crippen LogP contribution in [0.3, 0.4) is 0 Å². The Hall–Kier alpha value is 0.240. The maximum absolute atomic E-state index is 11.4. The van der Waals surface area contributed by atoms with Gasteiger partial charge in [0.15, 0.2) is 0 Å². The van der Waals surface area contributed by atoms with E-state index in [1.807, 2.05) is 6.92 Å². The number of rotatable bonds is 4. The third kappa shape index (κ3) is 3.63. The highest BCUT2D eigenvalue weighted by Crippen LogP contribution is 2.31. The van der Waals surface area contributed by atoms with Crippen LogP contribution in [-0.2, 0) is 11.2 Å². The summed E-state index contributed by atoms with van der Waals surface area (Å²) in [6.07, 6.45) is 0.959. The molecule has 0 saturated carbocycles. The smallest absolute Gasteiger partial charge is 0.146 e. The van der Waals surface area contributed by atoms with E-state index in [-0.39, 0.29) is 10.6 Å². The fourth-order valence-electron chi connectivity index (χ4n) is 1.28. The van der Waals surface area contributed by atoms with Crippen molar-refractivity contribution < 1.29 is 4.79 Å². The Morgan fingerprint density at radius 1 is 1.31 bits per heavy atom. The first kappa shape index (κ1) is 14.3. The van der Waals surface area contributed by atoms with E-state index in [1.165, 1.54) is 0 Å². The number of carbonyl (C=O) groups is 1. The van der Waals surface area contributed by atoms with Crippen molar-refractivity contribution in [2.24, 2.45) is 0 Å². The van der Waals surface area contributed by atoms with Crippen molar-refractivity contribution in [3.63, 3.8) is 0 Å². The fourth-order valence-corrected chi connectivity index (χ4v) is 2.90. The van der Waals surface area contributed by atoms with Gasteiger partial charge in [0.25, 0.3) is 0 Å². The summed E-state index contributed by atoms with van der Waals surface area (Å²) < 4.78 is 0. The molecular formula is C11H10BrCl3O. The highest BCUT2D eigenvalue weighted by Gasteiger charge is 2.17. The van der Waals surface area contributed by atoms with Gasteiger partial charge in [0.2, 0.25) is 0 Å². The molecule has 1 aromatic rings. The molecule has 88 valence electrons. The Morgan fingerprint density at radius 3 is 2.25 bits per heavy atom. The zero-order chi connectivity index (χ0) is 12.3. The Kier molecular flexibility index (Phi) is 5.58. The second-order valence-electron chi connectivity index (χ2n) is 3.34. The number of benzene rings is 1. The molecule has 0 aliphatic carbocycles. The summed E-state index contributed by atoms with van der Waals surface area (Å²) in [5.41, 5.74) is 0.747. The number of hydrogen-bond donors (Lipinski definition) is 0. The van der Waals surface area contributed by atoms with Crippen molar-refractivity contribution in [3.8, 4) is 0 Å². The Morgan fingerprint density at radius 2 is 1.81 bits per heavy atom. The highest BCUT2D eigenvalue weighted by molar-refractivity contribution is 9.10. The van der Waals surface area contributed by atoms with E-state index in [9.17, 15) is 4.79 Å². The molecule has 0 heterocycles. The SMILES string of the molecule is CCC(=O)C(Br)Cc1c(Cl)cc(Cl)cc1Cl. The van der Waals surface area contributed by atoms with E-state index in [0.29, 0.717) is 27.9 Å². The molecule has 0 N–H and O–H groups in total. The first-order valence-electron chi connectivity index (χ1n) is 4.76. The third-order valence-electron chi connectivity index (χ3n) is 2.19. The Balaban J connectivity index is 2.93. The molecule has 16 heavy (non-hydrogen) atoms. The van der Waals surface area contributed by atoms with Crippen LogP contribution in [0.5, 0.6) is 0 Å². The molecule has 0 bridgehead atoms. The fraction of sp³-hybridized carbons (Fsp3) is 0.364. The highest BCUT2D eigenvalue weighted by atomic mass is 79.9. The van der Waals surface area contributed by atoms with Gasteiger partial charge in [-0.15, -0.1) is 0 Å². The summed E-state index contributed by atoms with van der Waals surface area (Å²) in [6.45, 7) is 1.82. The summed E-state index contributed by atoms with van der Waals surface area (Å²) in [5.74, 6) is 0.127. The lowest BCUT2D eigenvalue weighted by atomic mass is 10.1. The molecule has 0 aliphatic rings. The first-order valence-corrected chi connectivity index (χ1v) is 6.80. The van der Waals surface area contributed by atoms with E-state index >= 15 is 0 Å². The summed E-state index contributed by atoms with van der Waals surface area (Å²) in [4.78, 5) is 11.2. The van der Waals surface area contributed by atoms with Gasteiger partial charge in [0.1, 0.15) is 5.78 Å². The number of hydrogen-bond acceptors (Lipinski definition) is 1. The van der Waals surface area contributed by atoms with Crippen LogP contribution in [0, 0.1) is 0 Å². The van der Waals surface area contributed by atoms with E-state index in [4.69, 9.17) is 34.8 Å². The number of ketones is 1. The molecule has 1 unspecified atom stereocenters. The molecule has 1 rings (SSSR count). The number of halogens is 4. The largest absolute Gasteiger partial charge is 0.298 e. The average molecular weight is 344 g/mol. The number of carbonyl (C=O) groups excluding carboxylic acids is 1. The second kappa shape index (κ2) is 6.25. The van der Waals surface area contributed by atoms with Crippen molar-refractivity contribution >= 4 is 56.5 Å². The standard InChI is InChI=1S/C11H10BrCl3O/c1-2-11(16)8(12)5-7-9(14)3-6(13)4-10(7)15/h3-4,8H,2,5H2,1H3. The molecule has 0 aromatic heterocycles. The normalized spacial score (nSPS) is 12.6. The minimum atomic E-state index is -0.256. The van der Waals surface area contributed by atoms with Gasteiger partial charge in [0, 0.05) is 21.5 Å². The summed E-state index contributed by atoms with van der Waals surface area (Å²) in [5, 5.41) is 1.48. The minimum absolute atomic E-state index is 0.127. The lowest BCUT2D eigenvalue weighted by molar-refractivity contribution is -0.118. The molecular weight excluding hydrogens is 334 g/mol. The van der Waals surface area contributed by atoms with Crippen LogP contribution in [0.25, 0.3) is 0 Å². The monoisotopic (exact) mass is 342 g/mol. The minimum Gasteiger partial charge on any atom is -0.298 e. The number of alkyl halides is 1. The molecule has 1 nitrogen and oxygen atoms in total. The molecule has 0 saturated heterocycles. The predicted octanol–water partition coefficient (Wildman–Crippen LogP) is 4.93. The van der Waals surface area contributed by atoms with Crippen LogP contribution in [0.15, 0.2) is 12.1 Å². The van der Waals surface area contributed by atoms with Gasteiger partial charge >= 0.3 is 0 Å². The lowest BCUT2D eigenvalue weighted by Gasteiger charge is -2.11. The summed E-state index contributed by atoms with van der Waals surface area (Å²) in [6, 6.07) is 3.25. The molecule has 5 heteroatoms. The zero-order valence-electron chi connectivity index (χ0n) is 8.57. The van der Waals surface area contributed by atoms with Crippen LogP contribution in [-0.4, -0.2) is 10.6 Å². The van der Waals surface area contributed by atoms with Crippen molar-refractivity contribution in [2.75, 3.05) is 0 Å². The average Bonchev–Trinajstić information content (AvgIpc) is 2.21. The maximum atomic E-state index is 11.4. The second-order valence-corrected chi connectivity index (χ2v) is 5.70. The van der Waals surface area contributed by atoms with Gasteiger partial charge in [-0.25, -0.2) is 0 Å². The third-order valence-corrected chi connectivity index (χ3v) is 3.91. The molecule has 1 atom stereocenters. The lowest BCUT2D eigenvalue weighted by Crippen LogP contribution is -2.15. The number of Topliss-reactive ketones (excluding diaryl/α,β-unsaturated/α-hetero) is 1. The van der Waals surface area contributed by atoms with Crippen LogP contribution in [0.2, 0.25) is 15.1 Å². The van der Waals surface area contributed by atoms with Crippen LogP contribution >= 0.6 is 50.7 Å². The van der Waals surface area contributed by atoms with E-state index in [0.717, 1.165) is 5.56 Å². The van der Waals surface area contributed by atoms with E-state index < -0.39 is 0 Å². The van der Waals surface area contributed by atoms with Crippen molar-refractivity contribution in [1.29, 1.82) is 0 Å². The van der Waals surface area contributed by atoms with E-state index in [1.54, 1.807) is 12.1 Å². The Labute approximate surface area is 118 Å². The van der Waals surface area contributed by atoms with Crippen LogP contribution in [0.1, 0.15) is 18.9 Å². The van der Waals surface area contributed by atoms with Crippen molar-refractivity contribution in [3.05, 3.63) is 32.8 Å². The van der Waals surface area contributed by atoms with Crippen molar-refractivity contribution in [1.82, 2.24) is 0 Å². The van der Waals surface area contributed by atoms with Gasteiger partial charge in [-0.1, -0.05) is 57.7 Å². The topological polar surface area (TPSA) is 17.1 Å². The summed E-state index contributed by atoms with van der Waals surface area (Å²) >= 11 is 21.2. The molecule has 0 radical (unpaired) electrons. The predicted molar refractivity (Wildman–Crippen MR) is 73.2 cm³/mol. The molecule has 0 aliphatic heterocycles. The zero-order valence-corrected chi connectivity index (χ0v) is 12.4. The van der Waals surface area contributed by atoms with Crippen LogP contribution < -0.4 is 0 Å². The van der Waals surface area contributed by atoms with Gasteiger partial charge in [-0.3, -0.25) is 4.79 Å². The van der Waals surface area contributed by atoms with Crippen LogP contribution in [0.4, 0.5) is 0 Å². The van der Waals surface area contributed by atoms with Gasteiger partial charge in [-0.05, 0) is 24.1 Å². The summed E-state index contributed by atoms with van der Waals surface area (Å²) in [7, 11) is 0. The van der Waals surface area contributed by atoms with Gasteiger partial charge in [-0.2, -0.15) is 0 Å². The molecule has 0 fully saturated rings. The molecule has 1 aromatic carbocycles. The van der Waals surface area contributed by atoms with Gasteiger partial charge < -0.3 is 0 Å². The molecule has 0 amide bonds. The first-order chi connectivity index (χ1) is 7.45. The van der Waals surface area contributed by atoms with E-state index in [2.05, 4.69) is 15.9 Å². The Bertz CT molecular complexity index is 383. The maximum Gasteiger partial charge on any atom is 0.146 e. The quantitative estimate of drug-likeness (QED) is 0.708. The molecule has 0 spiro atoms.